The summed E-state index contributed by atoms with van der Waals surface area (Å²) in [5.41, 5.74) is -0.602. The molecule has 1 rings (SSSR count). The molecule has 0 saturated carbocycles. The van der Waals surface area contributed by atoms with E-state index in [9.17, 15) is 14.4 Å². The van der Waals surface area contributed by atoms with E-state index in [0.29, 0.717) is 6.42 Å². The van der Waals surface area contributed by atoms with E-state index >= 15 is 0 Å². The van der Waals surface area contributed by atoms with Gasteiger partial charge in [0.05, 0.1) is 12.5 Å². The zero-order valence-electron chi connectivity index (χ0n) is 15.9. The standard InChI is InChI=1S/C18H31NO5/c1-11(2)8-13(9-15(20)24-18(5,6)7)16(21)19-14(12(3)4)10-23-17(19)22/h11-14H,8-10H2,1-7H3/t13-,14?/m1/s1. The maximum Gasteiger partial charge on any atom is 0.416 e. The van der Waals surface area contributed by atoms with Crippen LogP contribution in [0.4, 0.5) is 4.79 Å². The van der Waals surface area contributed by atoms with Gasteiger partial charge in [0.15, 0.2) is 0 Å². The summed E-state index contributed by atoms with van der Waals surface area (Å²) in [6.07, 6.45) is -0.119. The normalized spacial score (nSPS) is 19.6. The SMILES string of the molecule is CC(C)C[C@H](CC(=O)OC(C)(C)C)C(=O)N1C(=O)OCC1C(C)C. The second kappa shape index (κ2) is 7.99. The van der Waals surface area contributed by atoms with Crippen molar-refractivity contribution in [3.63, 3.8) is 0 Å². The van der Waals surface area contributed by atoms with Crippen LogP contribution in [-0.2, 0) is 19.1 Å². The van der Waals surface area contributed by atoms with E-state index in [0.717, 1.165) is 0 Å². The molecule has 24 heavy (non-hydrogen) atoms. The fraction of sp³-hybridized carbons (Fsp3) is 0.833. The average molecular weight is 341 g/mol. The Morgan fingerprint density at radius 3 is 2.29 bits per heavy atom. The van der Waals surface area contributed by atoms with Crippen molar-refractivity contribution in [2.75, 3.05) is 6.61 Å². The highest BCUT2D eigenvalue weighted by Gasteiger charge is 2.42. The average Bonchev–Trinajstić information content (AvgIpc) is 2.76. The molecule has 0 aromatic rings. The highest BCUT2D eigenvalue weighted by Crippen LogP contribution is 2.27. The number of hydrogen-bond acceptors (Lipinski definition) is 5. The first-order valence-electron chi connectivity index (χ1n) is 8.64. The van der Waals surface area contributed by atoms with Crippen LogP contribution in [0.5, 0.6) is 0 Å². The molecule has 0 aromatic carbocycles. The third-order valence-corrected chi connectivity index (χ3v) is 3.85. The summed E-state index contributed by atoms with van der Waals surface area (Å²) in [7, 11) is 0. The van der Waals surface area contributed by atoms with Crippen molar-refractivity contribution >= 4 is 18.0 Å². The smallest absolute Gasteiger partial charge is 0.416 e. The maximum absolute atomic E-state index is 12.9. The molecule has 0 aromatic heterocycles. The highest BCUT2D eigenvalue weighted by atomic mass is 16.6. The van der Waals surface area contributed by atoms with Gasteiger partial charge in [-0.25, -0.2) is 9.69 Å². The van der Waals surface area contributed by atoms with Crippen molar-refractivity contribution in [3.05, 3.63) is 0 Å². The first kappa shape index (κ1) is 20.5. The van der Waals surface area contributed by atoms with Crippen LogP contribution < -0.4 is 0 Å². The predicted octanol–water partition coefficient (Wildman–Crippen LogP) is 3.38. The molecule has 0 spiro atoms. The minimum Gasteiger partial charge on any atom is -0.460 e. The molecule has 1 aliphatic heterocycles. The van der Waals surface area contributed by atoms with Crippen LogP contribution in [0.3, 0.4) is 0 Å². The Hall–Kier alpha value is -1.59. The molecule has 2 amide bonds. The molecule has 1 fully saturated rings. The van der Waals surface area contributed by atoms with Crippen LogP contribution in [0.25, 0.3) is 0 Å². The molecule has 0 radical (unpaired) electrons. The summed E-state index contributed by atoms with van der Waals surface area (Å²) in [4.78, 5) is 38.3. The quantitative estimate of drug-likeness (QED) is 0.693. The van der Waals surface area contributed by atoms with Gasteiger partial charge in [-0.05, 0) is 39.0 Å². The van der Waals surface area contributed by atoms with Gasteiger partial charge in [-0.2, -0.15) is 0 Å². The number of amides is 2. The molecule has 6 nitrogen and oxygen atoms in total. The zero-order valence-corrected chi connectivity index (χ0v) is 15.9. The minimum absolute atomic E-state index is 0.0249. The number of carbonyl (C=O) groups is 3. The number of esters is 1. The number of nitrogens with zero attached hydrogens (tertiary/aromatic N) is 1. The molecule has 1 aliphatic rings. The lowest BCUT2D eigenvalue weighted by molar-refractivity contribution is -0.158. The minimum atomic E-state index is -0.614. The van der Waals surface area contributed by atoms with Gasteiger partial charge in [-0.3, -0.25) is 9.59 Å². The Morgan fingerprint density at radius 2 is 1.83 bits per heavy atom. The van der Waals surface area contributed by atoms with E-state index in [4.69, 9.17) is 9.47 Å². The Kier molecular flexibility index (Phi) is 6.81. The molecule has 1 heterocycles. The van der Waals surface area contributed by atoms with Gasteiger partial charge in [0.25, 0.3) is 0 Å². The molecule has 0 aliphatic carbocycles. The largest absolute Gasteiger partial charge is 0.460 e. The Bertz CT molecular complexity index is 478. The van der Waals surface area contributed by atoms with Crippen molar-refractivity contribution in [2.45, 2.75) is 73.0 Å². The third-order valence-electron chi connectivity index (χ3n) is 3.85. The van der Waals surface area contributed by atoms with Crippen LogP contribution >= 0.6 is 0 Å². The molecule has 1 unspecified atom stereocenters. The lowest BCUT2D eigenvalue weighted by Gasteiger charge is -2.28. The van der Waals surface area contributed by atoms with E-state index in [1.807, 2.05) is 27.7 Å². The second-order valence-electron chi connectivity index (χ2n) is 8.21. The lowest BCUT2D eigenvalue weighted by Crippen LogP contribution is -2.45. The van der Waals surface area contributed by atoms with Crippen molar-refractivity contribution in [1.82, 2.24) is 4.90 Å². The van der Waals surface area contributed by atoms with Crippen LogP contribution in [0, 0.1) is 17.8 Å². The van der Waals surface area contributed by atoms with Gasteiger partial charge in [-0.15, -0.1) is 0 Å². The van der Waals surface area contributed by atoms with E-state index in [1.165, 1.54) is 4.90 Å². The monoisotopic (exact) mass is 341 g/mol. The summed E-state index contributed by atoms with van der Waals surface area (Å²) in [5.74, 6) is -1.02. The number of cyclic esters (lactones) is 1. The Morgan fingerprint density at radius 1 is 1.25 bits per heavy atom. The van der Waals surface area contributed by atoms with Gasteiger partial charge < -0.3 is 9.47 Å². The number of carbonyl (C=O) groups excluding carboxylic acids is 3. The van der Waals surface area contributed by atoms with E-state index in [-0.39, 0.29) is 36.8 Å². The summed E-state index contributed by atoms with van der Waals surface area (Å²) >= 11 is 0. The lowest BCUT2D eigenvalue weighted by atomic mass is 9.91. The summed E-state index contributed by atoms with van der Waals surface area (Å²) < 4.78 is 10.4. The molecule has 0 bridgehead atoms. The Balaban J connectivity index is 2.92. The van der Waals surface area contributed by atoms with Crippen LogP contribution in [0.15, 0.2) is 0 Å². The molecule has 1 saturated heterocycles. The molecular weight excluding hydrogens is 310 g/mol. The molecular formula is C18H31NO5. The van der Waals surface area contributed by atoms with Crippen LogP contribution in [0.1, 0.15) is 61.3 Å². The number of ether oxygens (including phenoxy) is 2. The second-order valence-corrected chi connectivity index (χ2v) is 8.21. The highest BCUT2D eigenvalue weighted by molar-refractivity contribution is 5.96. The van der Waals surface area contributed by atoms with E-state index in [1.54, 1.807) is 20.8 Å². The maximum atomic E-state index is 12.9. The predicted molar refractivity (Wildman–Crippen MR) is 90.2 cm³/mol. The topological polar surface area (TPSA) is 72.9 Å². The van der Waals surface area contributed by atoms with Gasteiger partial charge in [0, 0.05) is 5.92 Å². The number of rotatable bonds is 6. The molecule has 138 valence electrons. The number of imide groups is 1. The fourth-order valence-electron chi connectivity index (χ4n) is 2.80. The zero-order chi connectivity index (χ0) is 18.7. The van der Waals surface area contributed by atoms with Crippen molar-refractivity contribution in [1.29, 1.82) is 0 Å². The fourth-order valence-corrected chi connectivity index (χ4v) is 2.80. The Labute approximate surface area is 144 Å². The summed E-state index contributed by atoms with van der Waals surface area (Å²) in [5, 5.41) is 0. The first-order valence-corrected chi connectivity index (χ1v) is 8.64. The molecule has 0 N–H and O–H groups in total. The first-order chi connectivity index (χ1) is 10.9. The third kappa shape index (κ3) is 5.80. The van der Waals surface area contributed by atoms with Crippen molar-refractivity contribution < 1.29 is 23.9 Å². The van der Waals surface area contributed by atoms with E-state index < -0.39 is 23.6 Å². The molecule has 2 atom stereocenters. The van der Waals surface area contributed by atoms with Crippen LogP contribution in [-0.4, -0.2) is 41.1 Å². The van der Waals surface area contributed by atoms with Gasteiger partial charge in [0.1, 0.15) is 12.2 Å². The van der Waals surface area contributed by atoms with Gasteiger partial charge in [0.2, 0.25) is 5.91 Å². The van der Waals surface area contributed by atoms with Crippen LogP contribution in [0.2, 0.25) is 0 Å². The van der Waals surface area contributed by atoms with Gasteiger partial charge >= 0.3 is 12.1 Å². The number of hydrogen-bond donors (Lipinski definition) is 0. The summed E-state index contributed by atoms with van der Waals surface area (Å²) in [6.45, 7) is 13.4. The van der Waals surface area contributed by atoms with Crippen molar-refractivity contribution in [3.8, 4) is 0 Å². The van der Waals surface area contributed by atoms with Crippen molar-refractivity contribution in [2.24, 2.45) is 17.8 Å². The summed E-state index contributed by atoms with van der Waals surface area (Å²) in [6, 6.07) is -0.279. The van der Waals surface area contributed by atoms with E-state index in [2.05, 4.69) is 0 Å². The molecule has 6 heteroatoms. The van der Waals surface area contributed by atoms with Gasteiger partial charge in [-0.1, -0.05) is 27.7 Å².